The van der Waals surface area contributed by atoms with Crippen LogP contribution in [0.2, 0.25) is 0 Å². The van der Waals surface area contributed by atoms with E-state index in [1.165, 1.54) is 6.92 Å². The highest BCUT2D eigenvalue weighted by Crippen LogP contribution is 2.48. The summed E-state index contributed by atoms with van der Waals surface area (Å²) in [5, 5.41) is 21.2. The van der Waals surface area contributed by atoms with Crippen LogP contribution in [0, 0.1) is 0 Å². The average molecular weight is 639 g/mol. The number of fused-ring (bicyclic) bond motifs is 3. The Labute approximate surface area is 261 Å². The summed E-state index contributed by atoms with van der Waals surface area (Å²) in [6.07, 6.45) is -5.26. The van der Waals surface area contributed by atoms with Crippen LogP contribution in [-0.4, -0.2) is 72.1 Å². The van der Waals surface area contributed by atoms with Gasteiger partial charge in [-0.1, -0.05) is 6.07 Å². The lowest BCUT2D eigenvalue weighted by molar-refractivity contribution is -0.259. The van der Waals surface area contributed by atoms with Crippen molar-refractivity contribution in [3.05, 3.63) is 52.6 Å². The topological polar surface area (TPSA) is 183 Å². The van der Waals surface area contributed by atoms with E-state index in [4.69, 9.17) is 37.9 Å². The Morgan fingerprint density at radius 1 is 0.804 bits per heavy atom. The van der Waals surface area contributed by atoms with Crippen LogP contribution in [0.15, 0.2) is 30.3 Å². The predicted molar refractivity (Wildman–Crippen MR) is 154 cm³/mol. The molecule has 242 valence electrons. The van der Waals surface area contributed by atoms with E-state index in [9.17, 15) is 29.4 Å². The molecule has 0 saturated carbocycles. The molecule has 6 rings (SSSR count). The van der Waals surface area contributed by atoms with Gasteiger partial charge in [-0.05, 0) is 46.3 Å². The van der Waals surface area contributed by atoms with Crippen LogP contribution in [0.25, 0.3) is 21.9 Å². The smallest absolute Gasteiger partial charge is 0.339 e. The van der Waals surface area contributed by atoms with Gasteiger partial charge in [0.1, 0.15) is 12.4 Å². The van der Waals surface area contributed by atoms with Gasteiger partial charge in [0.2, 0.25) is 19.2 Å². The van der Waals surface area contributed by atoms with Crippen molar-refractivity contribution in [3.8, 4) is 28.4 Å². The monoisotopic (exact) mass is 638 g/mol. The molecule has 14 heteroatoms. The van der Waals surface area contributed by atoms with Gasteiger partial charge in [-0.2, -0.15) is 0 Å². The van der Waals surface area contributed by atoms with Crippen molar-refractivity contribution < 1.29 is 67.3 Å². The number of rotatable bonds is 8. The minimum absolute atomic E-state index is 0.0402. The van der Waals surface area contributed by atoms with Gasteiger partial charge >= 0.3 is 23.9 Å². The summed E-state index contributed by atoms with van der Waals surface area (Å²) in [4.78, 5) is 49.5. The lowest BCUT2D eigenvalue weighted by Gasteiger charge is -2.40. The quantitative estimate of drug-likeness (QED) is 0.271. The first kappa shape index (κ1) is 31.1. The maximum atomic E-state index is 13.4. The van der Waals surface area contributed by atoms with Crippen molar-refractivity contribution in [2.75, 3.05) is 13.4 Å². The Morgan fingerprint density at radius 3 is 2.13 bits per heavy atom. The van der Waals surface area contributed by atoms with Crippen LogP contribution in [0.3, 0.4) is 0 Å². The van der Waals surface area contributed by atoms with Crippen LogP contribution in [0.4, 0.5) is 0 Å². The van der Waals surface area contributed by atoms with E-state index in [1.54, 1.807) is 30.3 Å². The maximum Gasteiger partial charge on any atom is 0.339 e. The van der Waals surface area contributed by atoms with Crippen molar-refractivity contribution in [1.82, 2.24) is 0 Å². The second-order valence-electron chi connectivity index (χ2n) is 10.8. The second-order valence-corrected chi connectivity index (χ2v) is 10.8. The number of hydrogen-bond donors (Lipinski definition) is 2. The third-order valence-corrected chi connectivity index (χ3v) is 7.77. The number of hydrogen-bond acceptors (Lipinski definition) is 14. The van der Waals surface area contributed by atoms with Gasteiger partial charge in [-0.25, -0.2) is 4.79 Å². The molecule has 14 nitrogen and oxygen atoms in total. The number of carbonyl (C=O) groups is 4. The molecule has 3 aliphatic heterocycles. The second kappa shape index (κ2) is 12.5. The van der Waals surface area contributed by atoms with E-state index < -0.39 is 61.7 Å². The number of aliphatic hydroxyl groups excluding tert-OH is 2. The van der Waals surface area contributed by atoms with Crippen LogP contribution in [0.1, 0.15) is 47.8 Å². The number of benzene rings is 3. The number of carbonyl (C=O) groups excluding carboxylic acids is 4. The Kier molecular flexibility index (Phi) is 8.42. The third kappa shape index (κ3) is 5.66. The molecule has 0 aromatic heterocycles. The minimum Gasteiger partial charge on any atom is -0.460 e. The number of cyclic esters (lactones) is 1. The Morgan fingerprint density at radius 2 is 1.46 bits per heavy atom. The highest BCUT2D eigenvalue weighted by atomic mass is 16.7. The summed E-state index contributed by atoms with van der Waals surface area (Å²) < 4.78 is 45.1. The largest absolute Gasteiger partial charge is 0.460 e. The molecule has 0 aliphatic carbocycles. The summed E-state index contributed by atoms with van der Waals surface area (Å²) in [5.41, 5.74) is 2.35. The molecule has 1 saturated heterocycles. The number of ether oxygens (including phenoxy) is 8. The average Bonchev–Trinajstić information content (AvgIpc) is 3.64. The molecule has 3 heterocycles. The Balaban J connectivity index is 1.54. The van der Waals surface area contributed by atoms with Crippen molar-refractivity contribution in [2.45, 2.75) is 65.2 Å². The summed E-state index contributed by atoms with van der Waals surface area (Å²) >= 11 is 0. The minimum atomic E-state index is -1.42. The normalized spacial score (nSPS) is 21.4. The first-order valence-corrected chi connectivity index (χ1v) is 14.3. The highest BCUT2D eigenvalue weighted by molar-refractivity contribution is 6.13. The third-order valence-electron chi connectivity index (χ3n) is 7.77. The zero-order chi connectivity index (χ0) is 32.7. The van der Waals surface area contributed by atoms with Crippen molar-refractivity contribution in [1.29, 1.82) is 0 Å². The van der Waals surface area contributed by atoms with Crippen LogP contribution in [-0.2, 0) is 57.9 Å². The lowest BCUT2D eigenvalue weighted by Crippen LogP contribution is -2.59. The van der Waals surface area contributed by atoms with Crippen molar-refractivity contribution in [2.24, 2.45) is 0 Å². The lowest BCUT2D eigenvalue weighted by atomic mass is 9.87. The van der Waals surface area contributed by atoms with E-state index in [0.717, 1.165) is 13.8 Å². The molecular weight excluding hydrogens is 608 g/mol. The molecule has 3 aromatic rings. The standard InChI is InChI=1S/C32H30O14/c1-14(35)43-25-12-40-32(30(45-16(3)37)29(25)44-15(2)36)46-28-21-7-19(10-34)18(9-33)6-20(21)26(27-22(28)11-39-31(27)38)17-4-5-23-24(8-17)42-13-41-23/h4-8,25,29-30,32-34H,9-13H2,1-3H3. The highest BCUT2D eigenvalue weighted by Gasteiger charge is 2.49. The summed E-state index contributed by atoms with van der Waals surface area (Å²) in [6.45, 7) is 2.18. The fourth-order valence-corrected chi connectivity index (χ4v) is 5.93. The van der Waals surface area contributed by atoms with Crippen molar-refractivity contribution in [3.63, 3.8) is 0 Å². The van der Waals surface area contributed by atoms with Crippen LogP contribution >= 0.6 is 0 Å². The Hall–Kier alpha value is -4.92. The molecule has 1 fully saturated rings. The molecule has 4 unspecified atom stereocenters. The van der Waals surface area contributed by atoms with Crippen LogP contribution < -0.4 is 14.2 Å². The van der Waals surface area contributed by atoms with E-state index in [2.05, 4.69) is 0 Å². The molecule has 0 amide bonds. The molecule has 0 bridgehead atoms. The molecule has 3 aliphatic rings. The van der Waals surface area contributed by atoms with Gasteiger partial charge in [0.05, 0.1) is 25.4 Å². The zero-order valence-corrected chi connectivity index (χ0v) is 25.0. The summed E-state index contributed by atoms with van der Waals surface area (Å²) in [5.74, 6) is -1.70. The summed E-state index contributed by atoms with van der Waals surface area (Å²) in [6, 6.07) is 8.45. The van der Waals surface area contributed by atoms with E-state index in [-0.39, 0.29) is 31.3 Å². The van der Waals surface area contributed by atoms with Gasteiger partial charge in [-0.15, -0.1) is 0 Å². The van der Waals surface area contributed by atoms with Gasteiger partial charge in [0.25, 0.3) is 0 Å². The zero-order valence-electron chi connectivity index (χ0n) is 25.0. The number of esters is 4. The van der Waals surface area contributed by atoms with Crippen molar-refractivity contribution >= 4 is 34.6 Å². The fraction of sp³-hybridized carbons (Fsp3) is 0.375. The molecule has 2 N–H and O–H groups in total. The first-order valence-electron chi connectivity index (χ1n) is 14.3. The van der Waals surface area contributed by atoms with Gasteiger partial charge in [-0.3, -0.25) is 14.4 Å². The molecule has 0 radical (unpaired) electrons. The Bertz CT molecular complexity index is 1750. The maximum absolute atomic E-state index is 13.4. The van der Waals surface area contributed by atoms with Gasteiger partial charge in [0.15, 0.2) is 23.7 Å². The molecule has 46 heavy (non-hydrogen) atoms. The molecule has 3 aromatic carbocycles. The molecule has 0 spiro atoms. The fourth-order valence-electron chi connectivity index (χ4n) is 5.93. The SMILES string of the molecule is CC(=O)OC1COC(Oc2c3c(c(-c4ccc5c(c4)OCO5)c4cc(CO)c(CO)cc24)C(=O)OC3)C(OC(C)=O)C1OC(C)=O. The number of aliphatic hydroxyl groups is 2. The van der Waals surface area contributed by atoms with E-state index in [0.29, 0.717) is 50.1 Å². The van der Waals surface area contributed by atoms with E-state index >= 15 is 0 Å². The summed E-state index contributed by atoms with van der Waals surface area (Å²) in [7, 11) is 0. The molecule has 4 atom stereocenters. The van der Waals surface area contributed by atoms with Gasteiger partial charge < -0.3 is 48.1 Å². The molecular formula is C32H30O14. The first-order chi connectivity index (χ1) is 22.1. The van der Waals surface area contributed by atoms with E-state index in [1.807, 2.05) is 0 Å². The van der Waals surface area contributed by atoms with Gasteiger partial charge in [0, 0.05) is 37.3 Å². The van der Waals surface area contributed by atoms with Crippen LogP contribution in [0.5, 0.6) is 17.2 Å². The predicted octanol–water partition coefficient (Wildman–Crippen LogP) is 2.42.